The SMILES string of the molecule is Cc1ncc(C2C(F)=CN=CN2c2ccc(CN3CCOCC3)cc2)n1C. The number of hydrogen-bond acceptors (Lipinski definition) is 5. The van der Waals surface area contributed by atoms with E-state index in [1.54, 1.807) is 12.5 Å². The molecule has 1 aromatic heterocycles. The van der Waals surface area contributed by atoms with E-state index in [0.717, 1.165) is 50.1 Å². The maximum atomic E-state index is 14.7. The van der Waals surface area contributed by atoms with E-state index in [0.29, 0.717) is 0 Å². The zero-order valence-corrected chi connectivity index (χ0v) is 15.7. The minimum Gasteiger partial charge on any atom is -0.379 e. The number of imidazole rings is 1. The van der Waals surface area contributed by atoms with Gasteiger partial charge in [-0.1, -0.05) is 12.1 Å². The Labute approximate surface area is 158 Å². The van der Waals surface area contributed by atoms with Crippen LogP contribution in [0.15, 0.2) is 47.5 Å². The Balaban J connectivity index is 1.56. The van der Waals surface area contributed by atoms with Crippen LogP contribution in [0.5, 0.6) is 0 Å². The van der Waals surface area contributed by atoms with Gasteiger partial charge in [-0.2, -0.15) is 0 Å². The Hall–Kier alpha value is -2.51. The molecule has 0 bridgehead atoms. The summed E-state index contributed by atoms with van der Waals surface area (Å²) < 4.78 is 22.0. The molecule has 27 heavy (non-hydrogen) atoms. The second-order valence-electron chi connectivity index (χ2n) is 6.93. The summed E-state index contributed by atoms with van der Waals surface area (Å²) in [6.45, 7) is 6.31. The monoisotopic (exact) mass is 369 g/mol. The van der Waals surface area contributed by atoms with E-state index in [2.05, 4.69) is 27.0 Å². The van der Waals surface area contributed by atoms with Crippen molar-refractivity contribution >= 4 is 12.0 Å². The lowest BCUT2D eigenvalue weighted by Gasteiger charge is -2.31. The first-order valence-corrected chi connectivity index (χ1v) is 9.18. The van der Waals surface area contributed by atoms with E-state index in [1.807, 2.05) is 35.6 Å². The first kappa shape index (κ1) is 17.9. The van der Waals surface area contributed by atoms with Gasteiger partial charge in [-0.05, 0) is 24.6 Å². The molecule has 2 aliphatic heterocycles. The van der Waals surface area contributed by atoms with Gasteiger partial charge in [-0.3, -0.25) is 4.90 Å². The predicted molar refractivity (Wildman–Crippen MR) is 103 cm³/mol. The highest BCUT2D eigenvalue weighted by Crippen LogP contribution is 2.35. The number of aliphatic imine (C=N–C) groups is 1. The summed E-state index contributed by atoms with van der Waals surface area (Å²) in [5.41, 5.74) is 2.93. The largest absolute Gasteiger partial charge is 0.379 e. The first-order chi connectivity index (χ1) is 13.1. The normalized spacial score (nSPS) is 20.8. The van der Waals surface area contributed by atoms with E-state index >= 15 is 0 Å². The molecule has 0 aliphatic carbocycles. The highest BCUT2D eigenvalue weighted by molar-refractivity contribution is 5.82. The number of nitrogens with zero attached hydrogens (tertiary/aromatic N) is 5. The van der Waals surface area contributed by atoms with Gasteiger partial charge in [0.15, 0.2) is 0 Å². The minimum atomic E-state index is -0.557. The number of ether oxygens (including phenoxy) is 1. The molecule has 0 saturated carbocycles. The van der Waals surface area contributed by atoms with Crippen molar-refractivity contribution in [3.8, 4) is 0 Å². The molecule has 2 aliphatic rings. The Morgan fingerprint density at radius 3 is 2.59 bits per heavy atom. The number of morpholine rings is 1. The fraction of sp³-hybridized carbons (Fsp3) is 0.400. The molecular weight excluding hydrogens is 345 g/mol. The fourth-order valence-electron chi connectivity index (χ4n) is 3.51. The maximum Gasteiger partial charge on any atom is 0.147 e. The lowest BCUT2D eigenvalue weighted by molar-refractivity contribution is 0.0342. The van der Waals surface area contributed by atoms with Crippen LogP contribution in [0.4, 0.5) is 10.1 Å². The second-order valence-corrected chi connectivity index (χ2v) is 6.93. The summed E-state index contributed by atoms with van der Waals surface area (Å²) in [6, 6.07) is 7.69. The van der Waals surface area contributed by atoms with Gasteiger partial charge in [-0.15, -0.1) is 0 Å². The summed E-state index contributed by atoms with van der Waals surface area (Å²) in [5.74, 6) is 0.555. The lowest BCUT2D eigenvalue weighted by atomic mass is 10.1. The molecule has 2 aromatic rings. The summed E-state index contributed by atoms with van der Waals surface area (Å²) in [5, 5.41) is 0. The summed E-state index contributed by atoms with van der Waals surface area (Å²) in [4.78, 5) is 12.6. The number of anilines is 1. The fourth-order valence-corrected chi connectivity index (χ4v) is 3.51. The molecule has 0 spiro atoms. The van der Waals surface area contributed by atoms with Crippen LogP contribution in [0.1, 0.15) is 23.1 Å². The maximum absolute atomic E-state index is 14.7. The van der Waals surface area contributed by atoms with Crippen LogP contribution in [0.2, 0.25) is 0 Å². The van der Waals surface area contributed by atoms with Gasteiger partial charge in [0.05, 0.1) is 37.6 Å². The van der Waals surface area contributed by atoms with Crippen molar-refractivity contribution in [3.63, 3.8) is 0 Å². The molecule has 4 rings (SSSR count). The van der Waals surface area contributed by atoms with Gasteiger partial charge in [-0.25, -0.2) is 14.4 Å². The standard InChI is InChI=1S/C20H24FN5O/c1-15-23-12-19(24(15)2)20-18(21)11-22-14-26(20)17-5-3-16(4-6-17)13-25-7-9-27-10-8-25/h3-6,11-12,14,20H,7-10,13H2,1-2H3. The molecule has 3 heterocycles. The molecular formula is C20H24FN5O. The van der Waals surface area contributed by atoms with Gasteiger partial charge in [0.2, 0.25) is 0 Å². The van der Waals surface area contributed by atoms with Gasteiger partial charge < -0.3 is 14.2 Å². The second kappa shape index (κ2) is 7.62. The van der Waals surface area contributed by atoms with Crippen molar-refractivity contribution in [3.05, 3.63) is 59.6 Å². The molecule has 142 valence electrons. The first-order valence-electron chi connectivity index (χ1n) is 9.18. The zero-order chi connectivity index (χ0) is 18.8. The summed E-state index contributed by atoms with van der Waals surface area (Å²) in [7, 11) is 1.90. The number of benzene rings is 1. The Morgan fingerprint density at radius 1 is 1.19 bits per heavy atom. The topological polar surface area (TPSA) is 45.9 Å². The van der Waals surface area contributed by atoms with Gasteiger partial charge in [0.1, 0.15) is 17.7 Å². The molecule has 1 unspecified atom stereocenters. The van der Waals surface area contributed by atoms with Crippen LogP contribution in [0.25, 0.3) is 0 Å². The van der Waals surface area contributed by atoms with Crippen molar-refractivity contribution in [1.29, 1.82) is 0 Å². The average molecular weight is 369 g/mol. The molecule has 6 nitrogen and oxygen atoms in total. The van der Waals surface area contributed by atoms with Crippen molar-refractivity contribution in [2.75, 3.05) is 31.2 Å². The van der Waals surface area contributed by atoms with E-state index in [4.69, 9.17) is 4.74 Å². The van der Waals surface area contributed by atoms with Gasteiger partial charge in [0, 0.05) is 32.4 Å². The number of rotatable bonds is 4. The summed E-state index contributed by atoms with van der Waals surface area (Å²) in [6.07, 6.45) is 4.68. The van der Waals surface area contributed by atoms with E-state index in [9.17, 15) is 4.39 Å². The molecule has 0 amide bonds. The molecule has 0 N–H and O–H groups in total. The lowest BCUT2D eigenvalue weighted by Crippen LogP contribution is -2.35. The van der Waals surface area contributed by atoms with Gasteiger partial charge in [0.25, 0.3) is 0 Å². The van der Waals surface area contributed by atoms with E-state index in [-0.39, 0.29) is 5.83 Å². The minimum absolute atomic E-state index is 0.294. The van der Waals surface area contributed by atoms with Crippen molar-refractivity contribution in [2.45, 2.75) is 19.5 Å². The molecule has 1 saturated heterocycles. The molecule has 1 aromatic carbocycles. The Bertz CT molecular complexity index is 852. The highest BCUT2D eigenvalue weighted by atomic mass is 19.1. The van der Waals surface area contributed by atoms with Crippen LogP contribution < -0.4 is 4.90 Å². The molecule has 1 atom stereocenters. The smallest absolute Gasteiger partial charge is 0.147 e. The van der Waals surface area contributed by atoms with Crippen LogP contribution >= 0.6 is 0 Å². The number of hydrogen-bond donors (Lipinski definition) is 0. The third-order valence-electron chi connectivity index (χ3n) is 5.21. The van der Waals surface area contributed by atoms with Crippen molar-refractivity contribution in [2.24, 2.45) is 12.0 Å². The molecule has 0 radical (unpaired) electrons. The number of aromatic nitrogens is 2. The van der Waals surface area contributed by atoms with Crippen LogP contribution in [-0.4, -0.2) is 47.1 Å². The quantitative estimate of drug-likeness (QED) is 0.831. The Morgan fingerprint density at radius 2 is 1.93 bits per heavy atom. The molecule has 7 heteroatoms. The van der Waals surface area contributed by atoms with Crippen molar-refractivity contribution < 1.29 is 9.13 Å². The average Bonchev–Trinajstić information content (AvgIpc) is 3.02. The molecule has 1 fully saturated rings. The van der Waals surface area contributed by atoms with Crippen LogP contribution in [0, 0.1) is 6.92 Å². The predicted octanol–water partition coefficient (Wildman–Crippen LogP) is 2.96. The van der Waals surface area contributed by atoms with Crippen LogP contribution in [-0.2, 0) is 18.3 Å². The van der Waals surface area contributed by atoms with Gasteiger partial charge >= 0.3 is 0 Å². The summed E-state index contributed by atoms with van der Waals surface area (Å²) >= 11 is 0. The third kappa shape index (κ3) is 3.65. The van der Waals surface area contributed by atoms with Crippen molar-refractivity contribution in [1.82, 2.24) is 14.5 Å². The Kier molecular flexibility index (Phi) is 5.05. The zero-order valence-electron chi connectivity index (χ0n) is 15.7. The van der Waals surface area contributed by atoms with E-state index < -0.39 is 6.04 Å². The number of aryl methyl sites for hydroxylation is 1. The van der Waals surface area contributed by atoms with E-state index in [1.165, 1.54) is 11.8 Å². The number of halogens is 1. The van der Waals surface area contributed by atoms with Crippen LogP contribution in [0.3, 0.4) is 0 Å². The third-order valence-corrected chi connectivity index (χ3v) is 5.21. The highest BCUT2D eigenvalue weighted by Gasteiger charge is 2.29.